The largest absolute Gasteiger partial charge is 0.444 e. The summed E-state index contributed by atoms with van der Waals surface area (Å²) in [5.74, 6) is -0.395. The third kappa shape index (κ3) is 5.55. The van der Waals surface area contributed by atoms with E-state index in [1.54, 1.807) is 46.1 Å². The highest BCUT2D eigenvalue weighted by Gasteiger charge is 2.16. The zero-order valence-corrected chi connectivity index (χ0v) is 12.9. The summed E-state index contributed by atoms with van der Waals surface area (Å²) in [4.78, 5) is 11.6. The molecule has 116 valence electrons. The van der Waals surface area contributed by atoms with Crippen molar-refractivity contribution in [2.45, 2.75) is 39.0 Å². The predicted molar refractivity (Wildman–Crippen MR) is 79.4 cm³/mol. The van der Waals surface area contributed by atoms with Gasteiger partial charge in [-0.05, 0) is 38.5 Å². The lowest BCUT2D eigenvalue weighted by Crippen LogP contribution is -2.32. The number of halogens is 1. The first-order valence-electron chi connectivity index (χ1n) is 6.67. The van der Waals surface area contributed by atoms with Crippen molar-refractivity contribution in [1.29, 1.82) is 0 Å². The molecule has 5 heteroatoms. The number of amides is 1. The molecule has 0 aromatic heterocycles. The van der Waals surface area contributed by atoms with Crippen LogP contribution in [-0.2, 0) is 16.0 Å². The van der Waals surface area contributed by atoms with E-state index < -0.39 is 17.5 Å². The molecule has 0 spiro atoms. The second-order valence-corrected chi connectivity index (χ2v) is 5.60. The van der Waals surface area contributed by atoms with Gasteiger partial charge in [0.1, 0.15) is 11.4 Å². The molecule has 1 atom stereocenters. The zero-order valence-electron chi connectivity index (χ0n) is 12.9. The Bertz CT molecular complexity index is 509. The molecule has 0 fully saturated rings. The molecular weight excluding hydrogens is 273 g/mol. The van der Waals surface area contributed by atoms with Crippen molar-refractivity contribution in [3.8, 4) is 0 Å². The van der Waals surface area contributed by atoms with E-state index in [9.17, 15) is 9.18 Å². The first-order chi connectivity index (χ1) is 9.76. The van der Waals surface area contributed by atoms with Gasteiger partial charge < -0.3 is 14.8 Å². The van der Waals surface area contributed by atoms with Gasteiger partial charge >= 0.3 is 6.09 Å². The minimum absolute atomic E-state index is 0.0438. The van der Waals surface area contributed by atoms with Crippen molar-refractivity contribution in [3.63, 3.8) is 0 Å². The van der Waals surface area contributed by atoms with Gasteiger partial charge in [-0.3, -0.25) is 0 Å². The van der Waals surface area contributed by atoms with Gasteiger partial charge in [0.2, 0.25) is 0 Å². The van der Waals surface area contributed by atoms with Crippen molar-refractivity contribution in [1.82, 2.24) is 5.32 Å². The van der Waals surface area contributed by atoms with Crippen molar-refractivity contribution >= 4 is 6.09 Å². The predicted octanol–water partition coefficient (Wildman–Crippen LogP) is 3.72. The SMILES string of the molecule is C=CC(OC)c1ccc(F)c(CNC(=O)OC(C)(C)C)c1. The number of rotatable bonds is 5. The summed E-state index contributed by atoms with van der Waals surface area (Å²) in [6.45, 7) is 9.00. The Hall–Kier alpha value is -1.88. The number of carbonyl (C=O) groups excluding carboxylic acids is 1. The van der Waals surface area contributed by atoms with E-state index in [1.807, 2.05) is 0 Å². The van der Waals surface area contributed by atoms with Gasteiger partial charge in [-0.2, -0.15) is 0 Å². The normalized spacial score (nSPS) is 12.6. The van der Waals surface area contributed by atoms with Crippen LogP contribution in [0.25, 0.3) is 0 Å². The molecule has 0 saturated heterocycles. The van der Waals surface area contributed by atoms with E-state index in [4.69, 9.17) is 9.47 Å². The molecule has 4 nitrogen and oxygen atoms in total. The number of hydrogen-bond acceptors (Lipinski definition) is 3. The average molecular weight is 295 g/mol. The van der Waals surface area contributed by atoms with Crippen molar-refractivity contribution in [2.24, 2.45) is 0 Å². The molecule has 1 aromatic rings. The van der Waals surface area contributed by atoms with Gasteiger partial charge in [-0.15, -0.1) is 6.58 Å². The number of benzene rings is 1. The number of ether oxygens (including phenoxy) is 2. The smallest absolute Gasteiger partial charge is 0.407 e. The first kappa shape index (κ1) is 17.2. The Morgan fingerprint density at radius 1 is 1.48 bits per heavy atom. The van der Waals surface area contributed by atoms with E-state index in [0.29, 0.717) is 5.56 Å². The topological polar surface area (TPSA) is 47.6 Å². The van der Waals surface area contributed by atoms with Crippen LogP contribution < -0.4 is 5.32 Å². The van der Waals surface area contributed by atoms with Gasteiger partial charge in [0, 0.05) is 19.2 Å². The second kappa shape index (κ2) is 7.22. The van der Waals surface area contributed by atoms with Crippen LogP contribution in [0.2, 0.25) is 0 Å². The summed E-state index contributed by atoms with van der Waals surface area (Å²) in [6, 6.07) is 4.61. The van der Waals surface area contributed by atoms with Crippen molar-refractivity contribution in [2.75, 3.05) is 7.11 Å². The Balaban J connectivity index is 2.77. The van der Waals surface area contributed by atoms with E-state index in [-0.39, 0.29) is 12.6 Å². The third-order valence-corrected chi connectivity index (χ3v) is 2.69. The van der Waals surface area contributed by atoms with Gasteiger partial charge in [-0.25, -0.2) is 9.18 Å². The summed E-state index contributed by atoms with van der Waals surface area (Å²) in [5.41, 5.74) is 0.547. The molecule has 1 rings (SSSR count). The zero-order chi connectivity index (χ0) is 16.0. The molecule has 0 radical (unpaired) electrons. The van der Waals surface area contributed by atoms with E-state index in [1.165, 1.54) is 6.07 Å². The summed E-state index contributed by atoms with van der Waals surface area (Å²) in [6.07, 6.45) is 0.725. The van der Waals surface area contributed by atoms with Gasteiger partial charge in [-0.1, -0.05) is 12.1 Å². The Kier molecular flexibility index (Phi) is 5.90. The minimum atomic E-state index is -0.589. The quantitative estimate of drug-likeness (QED) is 0.842. The molecule has 1 aromatic carbocycles. The van der Waals surface area contributed by atoms with Crippen LogP contribution in [0.4, 0.5) is 9.18 Å². The first-order valence-corrected chi connectivity index (χ1v) is 6.67. The molecule has 0 saturated carbocycles. The molecule has 1 amide bonds. The maximum Gasteiger partial charge on any atom is 0.407 e. The van der Waals surface area contributed by atoms with Gasteiger partial charge in [0.25, 0.3) is 0 Å². The van der Waals surface area contributed by atoms with Crippen molar-refractivity contribution < 1.29 is 18.7 Å². The Morgan fingerprint density at radius 3 is 2.67 bits per heavy atom. The standard InChI is InChI=1S/C16H22FNO3/c1-6-14(20-5)11-7-8-13(17)12(9-11)10-18-15(19)21-16(2,3)4/h6-9,14H,1,10H2,2-5H3,(H,18,19). The molecule has 0 bridgehead atoms. The molecule has 21 heavy (non-hydrogen) atoms. The van der Waals surface area contributed by atoms with Crippen LogP contribution in [0, 0.1) is 5.82 Å². The molecule has 1 N–H and O–H groups in total. The molecule has 0 aliphatic rings. The van der Waals surface area contributed by atoms with Crippen LogP contribution in [0.1, 0.15) is 38.0 Å². The highest BCUT2D eigenvalue weighted by atomic mass is 19.1. The molecular formula is C16H22FNO3. The van der Waals surface area contributed by atoms with E-state index in [2.05, 4.69) is 11.9 Å². The number of carbonyl (C=O) groups is 1. The van der Waals surface area contributed by atoms with Gasteiger partial charge in [0.05, 0.1) is 6.10 Å². The summed E-state index contributed by atoms with van der Waals surface area (Å²) >= 11 is 0. The summed E-state index contributed by atoms with van der Waals surface area (Å²) in [5, 5.41) is 2.53. The van der Waals surface area contributed by atoms with Gasteiger partial charge in [0.15, 0.2) is 0 Å². The summed E-state index contributed by atoms with van der Waals surface area (Å²) in [7, 11) is 1.55. The molecule has 0 aliphatic heterocycles. The molecule has 1 unspecified atom stereocenters. The van der Waals surface area contributed by atoms with Crippen LogP contribution in [0.15, 0.2) is 30.9 Å². The summed E-state index contributed by atoms with van der Waals surface area (Å²) < 4.78 is 24.1. The number of nitrogens with one attached hydrogen (secondary N) is 1. The Labute approximate surface area is 124 Å². The van der Waals surface area contributed by atoms with Crippen molar-refractivity contribution in [3.05, 3.63) is 47.8 Å². The lowest BCUT2D eigenvalue weighted by atomic mass is 10.1. The fourth-order valence-electron chi connectivity index (χ4n) is 1.76. The minimum Gasteiger partial charge on any atom is -0.444 e. The average Bonchev–Trinajstić information content (AvgIpc) is 2.38. The van der Waals surface area contributed by atoms with E-state index in [0.717, 1.165) is 5.56 Å². The van der Waals surface area contributed by atoms with Crippen LogP contribution in [0.3, 0.4) is 0 Å². The third-order valence-electron chi connectivity index (χ3n) is 2.69. The number of methoxy groups -OCH3 is 1. The molecule has 0 aliphatic carbocycles. The maximum atomic E-state index is 13.8. The Morgan fingerprint density at radius 2 is 2.14 bits per heavy atom. The highest BCUT2D eigenvalue weighted by molar-refractivity contribution is 5.67. The fourth-order valence-corrected chi connectivity index (χ4v) is 1.76. The van der Waals surface area contributed by atoms with Crippen LogP contribution >= 0.6 is 0 Å². The lowest BCUT2D eigenvalue weighted by Gasteiger charge is -2.20. The maximum absolute atomic E-state index is 13.8. The molecule has 0 heterocycles. The lowest BCUT2D eigenvalue weighted by molar-refractivity contribution is 0.0523. The number of alkyl carbamates (subject to hydrolysis) is 1. The monoisotopic (exact) mass is 295 g/mol. The van der Waals surface area contributed by atoms with E-state index >= 15 is 0 Å². The second-order valence-electron chi connectivity index (χ2n) is 5.60. The van der Waals surface area contributed by atoms with Crippen LogP contribution in [-0.4, -0.2) is 18.8 Å². The van der Waals surface area contributed by atoms with Crippen LogP contribution in [0.5, 0.6) is 0 Å². The highest BCUT2D eigenvalue weighted by Crippen LogP contribution is 2.20. The number of hydrogen-bond donors (Lipinski definition) is 1. The fraction of sp³-hybridized carbons (Fsp3) is 0.438.